The summed E-state index contributed by atoms with van der Waals surface area (Å²) in [6.07, 6.45) is -14.7. The van der Waals surface area contributed by atoms with Crippen LogP contribution in [-0.4, -0.2) is 35.9 Å². The largest absolute Gasteiger partial charge is 0.457 e. The Balaban J connectivity index is 6.30. The van der Waals surface area contributed by atoms with E-state index in [9.17, 15) is 57.5 Å². The third-order valence-electron chi connectivity index (χ3n) is 1.85. The molecule has 19 heavy (non-hydrogen) atoms. The first-order valence-electron chi connectivity index (χ1n) is 3.72. The van der Waals surface area contributed by atoms with E-state index in [2.05, 4.69) is 0 Å². The van der Waals surface area contributed by atoms with E-state index in [1.807, 2.05) is 0 Å². The highest BCUT2D eigenvalue weighted by Gasteiger charge is 2.90. The smallest absolute Gasteiger partial charge is 0.257 e. The van der Waals surface area contributed by atoms with Crippen LogP contribution in [0.2, 0.25) is 0 Å². The molecule has 0 rings (SSSR count). The summed E-state index contributed by atoms with van der Waals surface area (Å²) in [6.45, 7) is 0. The summed E-state index contributed by atoms with van der Waals surface area (Å²) >= 11 is 0. The van der Waals surface area contributed by atoms with Gasteiger partial charge in [0.2, 0.25) is 0 Å². The number of rotatable bonds is 3. The zero-order valence-electron chi connectivity index (χ0n) is 7.94. The Morgan fingerprint density at radius 1 is 0.579 bits per heavy atom. The number of carbonyl (C=O) groups is 1. The minimum atomic E-state index is -7.61. The Morgan fingerprint density at radius 3 is 0.895 bits per heavy atom. The van der Waals surface area contributed by atoms with Gasteiger partial charge in [-0.15, -0.1) is 0 Å². The average molecular weight is 316 g/mol. The molecule has 0 aliphatic rings. The van der Waals surface area contributed by atoms with E-state index in [4.69, 9.17) is 0 Å². The van der Waals surface area contributed by atoms with Crippen LogP contribution in [0.5, 0.6) is 0 Å². The molecule has 0 N–H and O–H groups in total. The second-order valence-corrected chi connectivity index (χ2v) is 3.08. The van der Waals surface area contributed by atoms with Crippen molar-refractivity contribution in [3.63, 3.8) is 0 Å². The minimum absolute atomic E-state index is 4.81. The summed E-state index contributed by atoms with van der Waals surface area (Å²) in [5.74, 6) is -15.2. The molecular weight excluding hydrogens is 316 g/mol. The van der Waals surface area contributed by atoms with Crippen LogP contribution in [0, 0.1) is 0 Å². The molecule has 0 aromatic heterocycles. The standard InChI is InChI=1S/C6F12O/c7-1(19)2(8,3(9,10)5(13,14)15)4(11,12)6(16,17)18. The van der Waals surface area contributed by atoms with Gasteiger partial charge in [-0.25, -0.2) is 4.39 Å². The van der Waals surface area contributed by atoms with Crippen molar-refractivity contribution in [1.29, 1.82) is 0 Å². The molecule has 0 bridgehead atoms. The SMILES string of the molecule is O=C(F)C(F)(C(F)(F)C(F)(F)F)C(F)(F)C(F)(F)F. The molecule has 0 radical (unpaired) electrons. The van der Waals surface area contributed by atoms with Crippen molar-refractivity contribution < 1.29 is 57.5 Å². The topological polar surface area (TPSA) is 17.1 Å². The van der Waals surface area contributed by atoms with Gasteiger partial charge in [-0.2, -0.15) is 48.3 Å². The van der Waals surface area contributed by atoms with Crippen molar-refractivity contribution >= 4 is 6.04 Å². The Hall–Kier alpha value is -1.17. The highest BCUT2D eigenvalue weighted by molar-refractivity contribution is 5.81. The first-order valence-corrected chi connectivity index (χ1v) is 3.72. The van der Waals surface area contributed by atoms with Crippen LogP contribution in [0.1, 0.15) is 0 Å². The molecule has 0 saturated heterocycles. The lowest BCUT2D eigenvalue weighted by Gasteiger charge is -2.36. The normalized spacial score (nSPS) is 15.6. The summed E-state index contributed by atoms with van der Waals surface area (Å²) in [5.41, 5.74) is -7.46. The highest BCUT2D eigenvalue weighted by atomic mass is 19.4. The monoisotopic (exact) mass is 316 g/mol. The van der Waals surface area contributed by atoms with Gasteiger partial charge >= 0.3 is 35.9 Å². The number of halogens is 12. The Kier molecular flexibility index (Phi) is 3.91. The summed E-state index contributed by atoms with van der Waals surface area (Å²) in [5, 5.41) is 0. The predicted molar refractivity (Wildman–Crippen MR) is 32.0 cm³/mol. The van der Waals surface area contributed by atoms with Crippen molar-refractivity contribution in [3.05, 3.63) is 0 Å². The van der Waals surface area contributed by atoms with E-state index in [1.165, 1.54) is 0 Å². The molecule has 0 amide bonds. The number of hydrogen-bond donors (Lipinski definition) is 0. The molecule has 0 aliphatic carbocycles. The maximum atomic E-state index is 12.8. The second-order valence-electron chi connectivity index (χ2n) is 3.08. The summed E-state index contributed by atoms with van der Waals surface area (Å²) in [7, 11) is 0. The lowest BCUT2D eigenvalue weighted by Crippen LogP contribution is -2.70. The first-order chi connectivity index (χ1) is 7.94. The van der Waals surface area contributed by atoms with Gasteiger partial charge in [0.25, 0.3) is 0 Å². The minimum Gasteiger partial charge on any atom is -0.257 e. The lowest BCUT2D eigenvalue weighted by molar-refractivity contribution is -0.396. The van der Waals surface area contributed by atoms with Crippen molar-refractivity contribution in [2.75, 3.05) is 0 Å². The Bertz CT molecular complexity index is 335. The van der Waals surface area contributed by atoms with Crippen LogP contribution in [-0.2, 0) is 4.79 Å². The molecule has 0 unspecified atom stereocenters. The van der Waals surface area contributed by atoms with Gasteiger partial charge in [-0.1, -0.05) is 0 Å². The summed E-state index contributed by atoms with van der Waals surface area (Å²) in [6, 6.07) is -4.81. The fourth-order valence-electron chi connectivity index (χ4n) is 0.835. The average Bonchev–Trinajstić information content (AvgIpc) is 2.11. The van der Waals surface area contributed by atoms with Gasteiger partial charge < -0.3 is 0 Å². The van der Waals surface area contributed by atoms with Crippen molar-refractivity contribution in [2.45, 2.75) is 29.9 Å². The van der Waals surface area contributed by atoms with Crippen LogP contribution < -0.4 is 0 Å². The van der Waals surface area contributed by atoms with E-state index < -0.39 is 35.9 Å². The van der Waals surface area contributed by atoms with Crippen LogP contribution in [0.15, 0.2) is 0 Å². The fourth-order valence-corrected chi connectivity index (χ4v) is 0.835. The molecule has 0 aromatic carbocycles. The molecule has 114 valence electrons. The van der Waals surface area contributed by atoms with Gasteiger partial charge in [0.05, 0.1) is 0 Å². The predicted octanol–water partition coefficient (Wildman–Crippen LogP) is 3.59. The third-order valence-corrected chi connectivity index (χ3v) is 1.85. The maximum absolute atomic E-state index is 12.8. The van der Waals surface area contributed by atoms with Crippen molar-refractivity contribution in [3.8, 4) is 0 Å². The molecule has 0 heterocycles. The lowest BCUT2D eigenvalue weighted by atomic mass is 9.89. The molecular formula is C6F12O. The van der Waals surface area contributed by atoms with E-state index in [0.29, 0.717) is 0 Å². The zero-order valence-corrected chi connectivity index (χ0v) is 7.94. The Morgan fingerprint density at radius 2 is 0.789 bits per heavy atom. The molecule has 0 atom stereocenters. The maximum Gasteiger partial charge on any atom is 0.457 e. The zero-order chi connectivity index (χ0) is 16.1. The highest BCUT2D eigenvalue weighted by Crippen LogP contribution is 2.57. The van der Waals surface area contributed by atoms with E-state index in [-0.39, 0.29) is 0 Å². The molecule has 0 saturated carbocycles. The van der Waals surface area contributed by atoms with Gasteiger partial charge in [-0.05, 0) is 0 Å². The van der Waals surface area contributed by atoms with Crippen LogP contribution in [0.4, 0.5) is 52.7 Å². The van der Waals surface area contributed by atoms with Crippen LogP contribution in [0.3, 0.4) is 0 Å². The number of alkyl halides is 11. The fraction of sp³-hybridized carbons (Fsp3) is 0.833. The van der Waals surface area contributed by atoms with Gasteiger partial charge in [0.1, 0.15) is 0 Å². The summed E-state index contributed by atoms with van der Waals surface area (Å²) in [4.78, 5) is 9.65. The summed E-state index contributed by atoms with van der Waals surface area (Å²) < 4.78 is 143. The third kappa shape index (κ3) is 2.22. The molecule has 1 nitrogen and oxygen atoms in total. The van der Waals surface area contributed by atoms with Gasteiger partial charge in [-0.3, -0.25) is 4.79 Å². The molecule has 0 spiro atoms. The molecule has 0 fully saturated rings. The Labute approximate surface area is 94.7 Å². The first kappa shape index (κ1) is 17.8. The van der Waals surface area contributed by atoms with Gasteiger partial charge in [0.15, 0.2) is 0 Å². The van der Waals surface area contributed by atoms with E-state index >= 15 is 0 Å². The van der Waals surface area contributed by atoms with E-state index in [0.717, 1.165) is 0 Å². The molecule has 13 heteroatoms. The van der Waals surface area contributed by atoms with Crippen molar-refractivity contribution in [2.24, 2.45) is 0 Å². The van der Waals surface area contributed by atoms with Gasteiger partial charge in [0, 0.05) is 0 Å². The number of hydrogen-bond acceptors (Lipinski definition) is 1. The van der Waals surface area contributed by atoms with Crippen molar-refractivity contribution in [1.82, 2.24) is 0 Å². The number of carbonyl (C=O) groups excluding carboxylic acids is 1. The van der Waals surface area contributed by atoms with Crippen LogP contribution in [0.25, 0.3) is 0 Å². The second kappa shape index (κ2) is 4.16. The molecule has 0 aromatic rings. The quantitative estimate of drug-likeness (QED) is 0.574. The van der Waals surface area contributed by atoms with E-state index in [1.54, 1.807) is 0 Å². The molecule has 0 aliphatic heterocycles. The van der Waals surface area contributed by atoms with Crippen LogP contribution >= 0.6 is 0 Å².